The van der Waals surface area contributed by atoms with Crippen molar-refractivity contribution in [3.05, 3.63) is 77.7 Å². The number of carboxylic acid groups (broad SMARTS) is 1. The molecule has 1 N–H and O–H groups in total. The summed E-state index contributed by atoms with van der Waals surface area (Å²) in [5, 5.41) is 21.3. The number of aliphatic carboxylic acids is 1. The van der Waals surface area contributed by atoms with Gasteiger partial charge in [0.1, 0.15) is 0 Å². The molecule has 10 nitrogen and oxygen atoms in total. The van der Waals surface area contributed by atoms with Crippen molar-refractivity contribution in [2.75, 3.05) is 13.7 Å². The molecule has 2 aliphatic carbocycles. The van der Waals surface area contributed by atoms with Gasteiger partial charge in [0.05, 0.1) is 27.6 Å². The number of benzene rings is 2. The largest absolute Gasteiger partial charge is 0.493 e. The van der Waals surface area contributed by atoms with Gasteiger partial charge in [-0.15, -0.1) is 0 Å². The summed E-state index contributed by atoms with van der Waals surface area (Å²) in [4.78, 5) is 52.4. The Bertz CT molecular complexity index is 1760. The zero-order valence-corrected chi connectivity index (χ0v) is 29.1. The van der Waals surface area contributed by atoms with Crippen molar-refractivity contribution >= 4 is 45.8 Å². The molecule has 2 aromatic rings. The number of hydrogen-bond donors (Lipinski definition) is 1. The molecule has 1 heterocycles. The first kappa shape index (κ1) is 35.4. The summed E-state index contributed by atoms with van der Waals surface area (Å²) in [6.45, 7) is 7.97. The van der Waals surface area contributed by atoms with E-state index in [2.05, 4.69) is 0 Å². The Morgan fingerprint density at radius 1 is 1.00 bits per heavy atom. The molecule has 0 atom stereocenters. The molecule has 0 saturated heterocycles. The van der Waals surface area contributed by atoms with Gasteiger partial charge in [-0.25, -0.2) is 0 Å². The van der Waals surface area contributed by atoms with Crippen LogP contribution in [0.3, 0.4) is 0 Å². The van der Waals surface area contributed by atoms with Crippen molar-refractivity contribution in [2.45, 2.75) is 71.9 Å². The van der Waals surface area contributed by atoms with Crippen LogP contribution in [0.4, 0.5) is 18.9 Å². The number of ether oxygens (including phenoxy) is 2. The molecule has 3 aliphatic rings. The van der Waals surface area contributed by atoms with Crippen LogP contribution in [-0.4, -0.2) is 46.1 Å². The van der Waals surface area contributed by atoms with Gasteiger partial charge in [-0.2, -0.15) is 13.2 Å². The lowest BCUT2D eigenvalue weighted by atomic mass is 9.63. The number of allylic oxidation sites excluding steroid dienone is 4. The van der Waals surface area contributed by atoms with Crippen molar-refractivity contribution in [3.8, 4) is 17.2 Å². The van der Waals surface area contributed by atoms with E-state index < -0.39 is 50.8 Å². The number of carbonyl (C=O) groups excluding carboxylic acids is 2. The van der Waals surface area contributed by atoms with Gasteiger partial charge in [-0.05, 0) is 76.1 Å². The molecule has 0 aromatic heterocycles. The molecule has 1 aliphatic heterocycles. The molecule has 5 rings (SSSR count). The minimum absolute atomic E-state index is 0.000725. The average Bonchev–Trinajstić information content (AvgIpc) is 2.94. The van der Waals surface area contributed by atoms with Crippen molar-refractivity contribution in [2.24, 2.45) is 10.8 Å². The fourth-order valence-corrected chi connectivity index (χ4v) is 7.63. The lowest BCUT2D eigenvalue weighted by Crippen LogP contribution is -2.45. The van der Waals surface area contributed by atoms with Crippen molar-refractivity contribution in [3.63, 3.8) is 0 Å². The third-order valence-electron chi connectivity index (χ3n) is 8.85. The SMILES string of the molecule is COc1cc(C2C3=C(CC(C)(C)CC3=O)N(CCC(=O)O)C3=C2C(=O)CC(C)(C)C3)cc(I)c1Oc1ccc(C(F)(F)F)cc1[N+](=O)[O-]. The third kappa shape index (κ3) is 6.80. The highest BCUT2D eigenvalue weighted by Gasteiger charge is 2.49. The van der Waals surface area contributed by atoms with Gasteiger partial charge in [-0.1, -0.05) is 27.7 Å². The van der Waals surface area contributed by atoms with Crippen LogP contribution >= 0.6 is 22.6 Å². The number of hydrogen-bond acceptors (Lipinski definition) is 8. The predicted octanol–water partition coefficient (Wildman–Crippen LogP) is 8.18. The van der Waals surface area contributed by atoms with Crippen LogP contribution in [0.5, 0.6) is 17.2 Å². The molecule has 0 radical (unpaired) electrons. The molecule has 256 valence electrons. The number of rotatable bonds is 8. The maximum absolute atomic E-state index is 14.0. The van der Waals surface area contributed by atoms with E-state index in [1.165, 1.54) is 7.11 Å². The number of halogens is 4. The standard InChI is InChI=1S/C34H34F3IN2O8/c1-32(2)13-21-29(23(41)15-32)28(30-22(39(21)9-8-27(43)44)14-33(3,4)16-24(30)42)17-10-19(38)31(26(11-17)47-5)48-25-7-6-18(34(35,36)37)12-20(25)40(45)46/h6-7,10-12,28H,8-9,13-16H2,1-5H3,(H,43,44). The molecular weight excluding hydrogens is 748 g/mol. The fourth-order valence-electron chi connectivity index (χ4n) is 6.90. The molecule has 14 heteroatoms. The minimum Gasteiger partial charge on any atom is -0.493 e. The van der Waals surface area contributed by atoms with E-state index in [1.807, 2.05) is 55.2 Å². The van der Waals surface area contributed by atoms with Crippen LogP contribution in [0, 0.1) is 24.5 Å². The van der Waals surface area contributed by atoms with Crippen LogP contribution in [-0.2, 0) is 20.6 Å². The zero-order valence-electron chi connectivity index (χ0n) is 26.9. The number of nitro groups is 1. The topological polar surface area (TPSA) is 136 Å². The summed E-state index contributed by atoms with van der Waals surface area (Å²) in [5.74, 6) is -2.49. The molecule has 0 spiro atoms. The van der Waals surface area contributed by atoms with Crippen molar-refractivity contribution in [1.29, 1.82) is 0 Å². The van der Waals surface area contributed by atoms with E-state index in [0.29, 0.717) is 56.6 Å². The molecule has 0 unspecified atom stereocenters. The summed E-state index contributed by atoms with van der Waals surface area (Å²) in [5.41, 5.74) is -0.235. The van der Waals surface area contributed by atoms with E-state index in [1.54, 1.807) is 12.1 Å². The highest BCUT2D eigenvalue weighted by Crippen LogP contribution is 2.55. The summed E-state index contributed by atoms with van der Waals surface area (Å²) in [6.07, 6.45) is -3.63. The number of carboxylic acids is 1. The maximum atomic E-state index is 14.0. The van der Waals surface area contributed by atoms with Crippen LogP contribution in [0.1, 0.15) is 76.8 Å². The molecule has 2 aromatic carbocycles. The first-order chi connectivity index (χ1) is 22.2. The van der Waals surface area contributed by atoms with Crippen molar-refractivity contribution < 1.29 is 47.1 Å². The Morgan fingerprint density at radius 2 is 1.56 bits per heavy atom. The van der Waals surface area contributed by atoms with Gasteiger partial charge in [0.15, 0.2) is 23.1 Å². The van der Waals surface area contributed by atoms with Gasteiger partial charge in [0.2, 0.25) is 5.75 Å². The second-order valence-electron chi connectivity index (χ2n) is 13.9. The molecule has 48 heavy (non-hydrogen) atoms. The zero-order chi connectivity index (χ0) is 35.5. The summed E-state index contributed by atoms with van der Waals surface area (Å²) in [7, 11) is 1.33. The number of Topliss-reactive ketones (excluding diaryl/α,β-unsaturated/α-hetero) is 2. The van der Waals surface area contributed by atoms with Crippen LogP contribution in [0.2, 0.25) is 0 Å². The first-order valence-corrected chi connectivity index (χ1v) is 16.2. The lowest BCUT2D eigenvalue weighted by Gasteiger charge is -2.49. The number of nitro benzene ring substituents is 1. The second-order valence-corrected chi connectivity index (χ2v) is 15.1. The van der Waals surface area contributed by atoms with Gasteiger partial charge < -0.3 is 19.5 Å². The van der Waals surface area contributed by atoms with E-state index in [0.717, 1.165) is 6.07 Å². The molecule has 0 amide bonds. The Hall–Kier alpha value is -3.95. The van der Waals surface area contributed by atoms with Gasteiger partial charge in [0, 0.05) is 53.9 Å². The van der Waals surface area contributed by atoms with Gasteiger partial charge >= 0.3 is 17.8 Å². The normalized spacial score (nSPS) is 19.2. The monoisotopic (exact) mass is 782 g/mol. The average molecular weight is 783 g/mol. The number of nitrogens with zero attached hydrogens (tertiary/aromatic N) is 2. The van der Waals surface area contributed by atoms with Crippen LogP contribution in [0.25, 0.3) is 0 Å². The maximum Gasteiger partial charge on any atom is 0.416 e. The lowest BCUT2D eigenvalue weighted by molar-refractivity contribution is -0.385. The van der Waals surface area contributed by atoms with E-state index in [4.69, 9.17) is 9.47 Å². The third-order valence-corrected chi connectivity index (χ3v) is 9.65. The highest BCUT2D eigenvalue weighted by molar-refractivity contribution is 14.1. The molecule has 0 bridgehead atoms. The summed E-state index contributed by atoms with van der Waals surface area (Å²) >= 11 is 1.92. The van der Waals surface area contributed by atoms with Crippen LogP contribution < -0.4 is 9.47 Å². The fraction of sp³-hybridized carbons (Fsp3) is 0.441. The molecule has 0 saturated carbocycles. The number of alkyl halides is 3. The van der Waals surface area contributed by atoms with Gasteiger partial charge in [0.25, 0.3) is 0 Å². The Morgan fingerprint density at radius 3 is 2.04 bits per heavy atom. The Kier molecular flexibility index (Phi) is 9.20. The van der Waals surface area contributed by atoms with Crippen LogP contribution in [0.15, 0.2) is 52.9 Å². The second kappa shape index (κ2) is 12.5. The summed E-state index contributed by atoms with van der Waals surface area (Å²) in [6, 6.07) is 5.19. The Balaban J connectivity index is 1.69. The Labute approximate surface area is 288 Å². The van der Waals surface area contributed by atoms with E-state index in [-0.39, 0.29) is 48.9 Å². The van der Waals surface area contributed by atoms with E-state index in [9.17, 15) is 42.8 Å². The van der Waals surface area contributed by atoms with Gasteiger partial charge in [-0.3, -0.25) is 24.5 Å². The minimum atomic E-state index is -4.81. The molecule has 0 fully saturated rings. The quantitative estimate of drug-likeness (QED) is 0.160. The van der Waals surface area contributed by atoms with Crippen molar-refractivity contribution in [1.82, 2.24) is 4.90 Å². The highest BCUT2D eigenvalue weighted by atomic mass is 127. The summed E-state index contributed by atoms with van der Waals surface area (Å²) < 4.78 is 51.8. The first-order valence-electron chi connectivity index (χ1n) is 15.2. The molecular formula is C34H34F3IN2O8. The number of methoxy groups -OCH3 is 1. The van der Waals surface area contributed by atoms with E-state index >= 15 is 0 Å². The predicted molar refractivity (Wildman–Crippen MR) is 176 cm³/mol. The smallest absolute Gasteiger partial charge is 0.416 e. The number of ketones is 2. The number of carbonyl (C=O) groups is 3.